The molecule has 0 spiro atoms. The summed E-state index contributed by atoms with van der Waals surface area (Å²) in [5, 5.41) is 16.6. The minimum atomic E-state index is -0.322. The number of hydrogen-bond donors (Lipinski definition) is 2. The topological polar surface area (TPSA) is 87.4 Å². The lowest BCUT2D eigenvalue weighted by Crippen LogP contribution is -2.33. The number of aromatic nitrogens is 3. The summed E-state index contributed by atoms with van der Waals surface area (Å²) in [5.74, 6) is -0.0392. The Morgan fingerprint density at radius 2 is 1.80 bits per heavy atom. The van der Waals surface area contributed by atoms with Crippen LogP contribution >= 0.6 is 0 Å². The normalized spacial score (nSPS) is 14.5. The molecule has 0 saturated carbocycles. The third-order valence-electron chi connectivity index (χ3n) is 6.12. The average Bonchev–Trinajstić information content (AvgIpc) is 3.40. The molecule has 0 radical (unpaired) electrons. The van der Waals surface area contributed by atoms with E-state index in [0.29, 0.717) is 36.7 Å². The summed E-state index contributed by atoms with van der Waals surface area (Å²) in [6, 6.07) is 18.6. The Morgan fingerprint density at radius 1 is 1.10 bits per heavy atom. The van der Waals surface area contributed by atoms with Crippen molar-refractivity contribution in [3.63, 3.8) is 0 Å². The van der Waals surface area contributed by atoms with E-state index in [-0.39, 0.29) is 17.6 Å². The fraction of sp³-hybridized carbons (Fsp3) is 0.267. The molecule has 0 saturated heterocycles. The molecule has 210 valence electrons. The van der Waals surface area contributed by atoms with Gasteiger partial charge in [-0.15, -0.1) is 0 Å². The fourth-order valence-electron chi connectivity index (χ4n) is 4.27. The zero-order valence-electron chi connectivity index (χ0n) is 23.4. The van der Waals surface area contributed by atoms with Crippen molar-refractivity contribution in [2.75, 3.05) is 24.2 Å². The van der Waals surface area contributed by atoms with Gasteiger partial charge in [0.2, 0.25) is 6.41 Å². The van der Waals surface area contributed by atoms with E-state index in [2.05, 4.69) is 20.7 Å². The molecule has 2 heterocycles. The zero-order valence-corrected chi connectivity index (χ0v) is 23.4. The van der Waals surface area contributed by atoms with Crippen LogP contribution in [0.3, 0.4) is 0 Å². The Labute approximate surface area is 233 Å². The first-order chi connectivity index (χ1) is 19.4. The summed E-state index contributed by atoms with van der Waals surface area (Å²) >= 11 is 0. The van der Waals surface area contributed by atoms with Crippen LogP contribution in [-0.2, 0) is 18.4 Å². The molecule has 4 aromatic rings. The molecule has 1 aromatic heterocycles. The third-order valence-corrected chi connectivity index (χ3v) is 6.12. The van der Waals surface area contributed by atoms with Gasteiger partial charge in [-0.05, 0) is 54.4 Å². The van der Waals surface area contributed by atoms with E-state index in [1.165, 1.54) is 35.6 Å². The molecular formula is C30H35F2N7O. The third kappa shape index (κ3) is 7.49. The first kappa shape index (κ1) is 29.9. The minimum absolute atomic E-state index is 0.178. The average molecular weight is 548 g/mol. The van der Waals surface area contributed by atoms with Gasteiger partial charge in [-0.25, -0.2) is 18.8 Å². The molecule has 1 aliphatic heterocycles. The van der Waals surface area contributed by atoms with Crippen LogP contribution in [0.25, 0.3) is 0 Å². The number of carbonyl (C=O) groups excluding carboxylic acids is 1. The van der Waals surface area contributed by atoms with Crippen LogP contribution in [0, 0.1) is 18.6 Å². The molecule has 3 aromatic carbocycles. The quantitative estimate of drug-likeness (QED) is 0.238. The van der Waals surface area contributed by atoms with Gasteiger partial charge in [-0.3, -0.25) is 9.48 Å². The number of anilines is 2. The Bertz CT molecular complexity index is 1410. The molecule has 2 N–H and O–H groups in total. The Kier molecular flexibility index (Phi) is 10.9. The SMILES string of the molecule is CC.CNc1ccc(CN(C=O)/N=C2\c3c(C)cc(F)cc3NCC2c2ncnn2C)cc1.Fc1ccccc1. The maximum absolute atomic E-state index is 14.0. The summed E-state index contributed by atoms with van der Waals surface area (Å²) in [7, 11) is 3.67. The summed E-state index contributed by atoms with van der Waals surface area (Å²) < 4.78 is 27.6. The molecular weight excluding hydrogens is 512 g/mol. The second-order valence-corrected chi connectivity index (χ2v) is 8.75. The van der Waals surface area contributed by atoms with Crippen LogP contribution in [0.5, 0.6) is 0 Å². The maximum Gasteiger partial charge on any atom is 0.230 e. The fourth-order valence-corrected chi connectivity index (χ4v) is 4.27. The first-order valence-corrected chi connectivity index (χ1v) is 13.1. The van der Waals surface area contributed by atoms with Gasteiger partial charge in [0.05, 0.1) is 18.2 Å². The van der Waals surface area contributed by atoms with Gasteiger partial charge < -0.3 is 10.6 Å². The smallest absolute Gasteiger partial charge is 0.230 e. The molecule has 0 fully saturated rings. The lowest BCUT2D eigenvalue weighted by molar-refractivity contribution is -0.118. The zero-order chi connectivity index (χ0) is 29.1. The molecule has 1 atom stereocenters. The van der Waals surface area contributed by atoms with Gasteiger partial charge >= 0.3 is 0 Å². The number of nitrogens with one attached hydrogen (secondary N) is 2. The van der Waals surface area contributed by atoms with Crippen molar-refractivity contribution in [2.24, 2.45) is 12.1 Å². The molecule has 1 aliphatic rings. The van der Waals surface area contributed by atoms with Gasteiger partial charge in [0.1, 0.15) is 23.8 Å². The van der Waals surface area contributed by atoms with E-state index in [1.54, 1.807) is 22.9 Å². The number of aryl methyl sites for hydroxylation is 2. The number of fused-ring (bicyclic) bond motifs is 1. The summed E-state index contributed by atoms with van der Waals surface area (Å²) in [6.45, 7) is 6.61. The van der Waals surface area contributed by atoms with Crippen molar-refractivity contribution in [3.05, 3.63) is 107 Å². The van der Waals surface area contributed by atoms with Gasteiger partial charge in [0.15, 0.2) is 0 Å². The highest BCUT2D eigenvalue weighted by atomic mass is 19.1. The second-order valence-electron chi connectivity index (χ2n) is 8.75. The lowest BCUT2D eigenvalue weighted by atomic mass is 9.88. The predicted molar refractivity (Wildman–Crippen MR) is 155 cm³/mol. The van der Waals surface area contributed by atoms with E-state index >= 15 is 0 Å². The number of halogens is 2. The van der Waals surface area contributed by atoms with Crippen LogP contribution in [0.4, 0.5) is 20.2 Å². The van der Waals surface area contributed by atoms with Crippen LogP contribution in [0.15, 0.2) is 78.2 Å². The monoisotopic (exact) mass is 547 g/mol. The second kappa shape index (κ2) is 14.5. The Hall–Kier alpha value is -4.60. The number of hydrogen-bond acceptors (Lipinski definition) is 6. The molecule has 1 unspecified atom stereocenters. The Balaban J connectivity index is 0.000000422. The van der Waals surface area contributed by atoms with E-state index in [1.807, 2.05) is 59.1 Å². The number of benzene rings is 3. The van der Waals surface area contributed by atoms with E-state index < -0.39 is 0 Å². The van der Waals surface area contributed by atoms with Crippen LogP contribution in [0.1, 0.15) is 42.3 Å². The number of hydrazone groups is 1. The highest BCUT2D eigenvalue weighted by molar-refractivity contribution is 6.11. The first-order valence-electron chi connectivity index (χ1n) is 13.1. The molecule has 0 aliphatic carbocycles. The minimum Gasteiger partial charge on any atom is -0.388 e. The van der Waals surface area contributed by atoms with Gasteiger partial charge in [-0.1, -0.05) is 44.2 Å². The van der Waals surface area contributed by atoms with Gasteiger partial charge in [0, 0.05) is 37.6 Å². The summed E-state index contributed by atoms with van der Waals surface area (Å²) in [4.78, 5) is 16.3. The number of amides is 1. The van der Waals surface area contributed by atoms with Crippen LogP contribution in [0.2, 0.25) is 0 Å². The molecule has 8 nitrogen and oxygen atoms in total. The van der Waals surface area contributed by atoms with Gasteiger partial charge in [-0.2, -0.15) is 10.2 Å². The standard InChI is InChI=1S/C22H24FN7O.C6H5F.C2H6/c1-14-8-16(23)9-19-20(14)21(18(10-25-19)22-26-12-27-29(22)3)28-30(13-31)11-15-4-6-17(24-2)7-5-15;7-6-4-2-1-3-5-6;1-2/h4-9,12-13,18,24-25H,10-11H2,1-3H3;1-5H;1-2H3/b28-21-;;. The van der Waals surface area contributed by atoms with E-state index in [9.17, 15) is 13.6 Å². The van der Waals surface area contributed by atoms with E-state index in [0.717, 1.165) is 22.4 Å². The largest absolute Gasteiger partial charge is 0.388 e. The molecule has 10 heteroatoms. The van der Waals surface area contributed by atoms with Crippen molar-refractivity contribution < 1.29 is 13.6 Å². The highest BCUT2D eigenvalue weighted by Crippen LogP contribution is 2.33. The van der Waals surface area contributed by atoms with Gasteiger partial charge in [0.25, 0.3) is 0 Å². The molecule has 40 heavy (non-hydrogen) atoms. The lowest BCUT2D eigenvalue weighted by Gasteiger charge is -2.29. The van der Waals surface area contributed by atoms with Crippen molar-refractivity contribution in [1.82, 2.24) is 19.8 Å². The van der Waals surface area contributed by atoms with Crippen molar-refractivity contribution in [3.8, 4) is 0 Å². The van der Waals surface area contributed by atoms with Crippen molar-refractivity contribution in [1.29, 1.82) is 0 Å². The molecule has 1 amide bonds. The summed E-state index contributed by atoms with van der Waals surface area (Å²) in [5.41, 5.74) is 4.74. The molecule has 5 rings (SSSR count). The Morgan fingerprint density at radius 3 is 2.35 bits per heavy atom. The van der Waals surface area contributed by atoms with Crippen LogP contribution in [-0.4, -0.2) is 45.5 Å². The number of carbonyl (C=O) groups is 1. The maximum atomic E-state index is 14.0. The van der Waals surface area contributed by atoms with E-state index in [4.69, 9.17) is 5.10 Å². The van der Waals surface area contributed by atoms with Crippen molar-refractivity contribution >= 4 is 23.5 Å². The van der Waals surface area contributed by atoms with Crippen molar-refractivity contribution in [2.45, 2.75) is 33.2 Å². The number of nitrogens with zero attached hydrogens (tertiary/aromatic N) is 5. The van der Waals surface area contributed by atoms with Crippen LogP contribution < -0.4 is 10.6 Å². The predicted octanol–water partition coefficient (Wildman–Crippen LogP) is 5.73. The summed E-state index contributed by atoms with van der Waals surface area (Å²) in [6.07, 6.45) is 2.19. The highest BCUT2D eigenvalue weighted by Gasteiger charge is 2.32. The number of rotatable bonds is 6. The molecule has 0 bridgehead atoms.